The molecule has 1 aromatic rings. The zero-order chi connectivity index (χ0) is 14.3. The number of phenolic OH excluding ortho intramolecular Hbond substituents is 1. The average molecular weight is 273 g/mol. The molecular formula is C12H10F3NO3. The number of alkyl halides is 3. The second-order valence-electron chi connectivity index (χ2n) is 4.31. The Kier molecular flexibility index (Phi) is 3.02. The molecule has 2 rings (SSSR count). The van der Waals surface area contributed by atoms with Crippen LogP contribution in [0.2, 0.25) is 0 Å². The number of hydrogen-bond acceptors (Lipinski definition) is 4. The standard InChI is InChI=1S/C12H10F3NO3/c1-19-9-5-7(11(2-3-11)16-6-17)4-8(10(9)18)12(13,14)15/h4-5,18H,2-3H2,1H3. The van der Waals surface area contributed by atoms with Crippen LogP contribution in [0.4, 0.5) is 13.2 Å². The second-order valence-corrected chi connectivity index (χ2v) is 4.31. The van der Waals surface area contributed by atoms with Gasteiger partial charge in [0.25, 0.3) is 0 Å². The number of benzene rings is 1. The van der Waals surface area contributed by atoms with Crippen LogP contribution >= 0.6 is 0 Å². The van der Waals surface area contributed by atoms with Crippen LogP contribution in [-0.4, -0.2) is 18.3 Å². The Balaban J connectivity index is 2.62. The predicted molar refractivity (Wildman–Crippen MR) is 58.7 cm³/mol. The van der Waals surface area contributed by atoms with Gasteiger partial charge in [0, 0.05) is 0 Å². The van der Waals surface area contributed by atoms with Crippen LogP contribution in [0, 0.1) is 0 Å². The lowest BCUT2D eigenvalue weighted by Gasteiger charge is -2.16. The fourth-order valence-corrected chi connectivity index (χ4v) is 1.92. The molecule has 0 aliphatic heterocycles. The molecule has 0 atom stereocenters. The van der Waals surface area contributed by atoms with E-state index in [0.717, 1.165) is 13.2 Å². The Morgan fingerprint density at radius 1 is 1.42 bits per heavy atom. The van der Waals surface area contributed by atoms with E-state index in [1.165, 1.54) is 12.1 Å². The summed E-state index contributed by atoms with van der Waals surface area (Å²) in [5, 5.41) is 9.51. The largest absolute Gasteiger partial charge is 0.504 e. The minimum atomic E-state index is -4.71. The molecule has 19 heavy (non-hydrogen) atoms. The van der Waals surface area contributed by atoms with Crippen molar-refractivity contribution in [1.82, 2.24) is 0 Å². The highest BCUT2D eigenvalue weighted by Gasteiger charge is 2.47. The summed E-state index contributed by atoms with van der Waals surface area (Å²) in [7, 11) is 1.15. The van der Waals surface area contributed by atoms with Crippen LogP contribution in [0.3, 0.4) is 0 Å². The van der Waals surface area contributed by atoms with E-state index >= 15 is 0 Å². The van der Waals surface area contributed by atoms with Gasteiger partial charge in [0.2, 0.25) is 6.08 Å². The molecular weight excluding hydrogens is 263 g/mol. The molecule has 0 unspecified atom stereocenters. The van der Waals surface area contributed by atoms with Crippen molar-refractivity contribution >= 4 is 6.08 Å². The van der Waals surface area contributed by atoms with Crippen molar-refractivity contribution in [3.05, 3.63) is 23.3 Å². The summed E-state index contributed by atoms with van der Waals surface area (Å²) >= 11 is 0. The van der Waals surface area contributed by atoms with E-state index in [1.807, 2.05) is 0 Å². The van der Waals surface area contributed by atoms with Gasteiger partial charge in [-0.05, 0) is 30.5 Å². The molecule has 0 spiro atoms. The van der Waals surface area contributed by atoms with Crippen molar-refractivity contribution < 1.29 is 27.8 Å². The third kappa shape index (κ3) is 2.29. The molecule has 7 heteroatoms. The van der Waals surface area contributed by atoms with Crippen LogP contribution < -0.4 is 4.74 Å². The zero-order valence-corrected chi connectivity index (χ0v) is 9.91. The van der Waals surface area contributed by atoms with Gasteiger partial charge in [0.15, 0.2) is 11.5 Å². The number of halogens is 3. The lowest BCUT2D eigenvalue weighted by molar-refractivity contribution is -0.139. The van der Waals surface area contributed by atoms with E-state index in [4.69, 9.17) is 4.74 Å². The molecule has 0 saturated heterocycles. The molecule has 1 aliphatic rings. The van der Waals surface area contributed by atoms with E-state index in [0.29, 0.717) is 12.8 Å². The van der Waals surface area contributed by atoms with Gasteiger partial charge in [0.05, 0.1) is 12.6 Å². The van der Waals surface area contributed by atoms with Gasteiger partial charge in [0.1, 0.15) is 5.56 Å². The molecule has 0 bridgehead atoms. The number of nitrogens with zero attached hydrogens (tertiary/aromatic N) is 1. The van der Waals surface area contributed by atoms with Gasteiger partial charge in [-0.1, -0.05) is 0 Å². The van der Waals surface area contributed by atoms with Crippen molar-refractivity contribution in [3.63, 3.8) is 0 Å². The minimum Gasteiger partial charge on any atom is -0.504 e. The normalized spacial score (nSPS) is 16.6. The summed E-state index contributed by atoms with van der Waals surface area (Å²) in [6, 6.07) is 2.06. The fraction of sp³-hybridized carbons (Fsp3) is 0.417. The Labute approximate surface area is 106 Å². The lowest BCUT2D eigenvalue weighted by atomic mass is 10.0. The van der Waals surface area contributed by atoms with Crippen LogP contribution in [-0.2, 0) is 16.5 Å². The summed E-state index contributed by atoms with van der Waals surface area (Å²) < 4.78 is 43.2. The number of methoxy groups -OCH3 is 1. The lowest BCUT2D eigenvalue weighted by Crippen LogP contribution is -2.10. The SMILES string of the molecule is COc1cc(C2(N=C=O)CC2)cc(C(F)(F)F)c1O. The smallest absolute Gasteiger partial charge is 0.420 e. The second kappa shape index (κ2) is 4.28. The molecule has 102 valence electrons. The summed E-state index contributed by atoms with van der Waals surface area (Å²) in [5.74, 6) is -1.26. The maximum Gasteiger partial charge on any atom is 0.420 e. The van der Waals surface area contributed by atoms with E-state index < -0.39 is 23.0 Å². The Morgan fingerprint density at radius 3 is 2.47 bits per heavy atom. The number of isocyanates is 1. The third-order valence-electron chi connectivity index (χ3n) is 3.12. The topological polar surface area (TPSA) is 58.9 Å². The Morgan fingerprint density at radius 2 is 2.05 bits per heavy atom. The van der Waals surface area contributed by atoms with Crippen molar-refractivity contribution in [2.45, 2.75) is 24.6 Å². The Hall–Kier alpha value is -2.01. The van der Waals surface area contributed by atoms with Crippen LogP contribution in [0.25, 0.3) is 0 Å². The van der Waals surface area contributed by atoms with Gasteiger partial charge in [-0.3, -0.25) is 0 Å². The first-order chi connectivity index (χ1) is 8.84. The monoisotopic (exact) mass is 273 g/mol. The molecule has 0 radical (unpaired) electrons. The quantitative estimate of drug-likeness (QED) is 0.680. The summed E-state index contributed by atoms with van der Waals surface area (Å²) in [5.41, 5.74) is -1.96. The van der Waals surface area contributed by atoms with Crippen LogP contribution in [0.5, 0.6) is 11.5 Å². The summed E-state index contributed by atoms with van der Waals surface area (Å²) in [4.78, 5) is 13.9. The highest BCUT2D eigenvalue weighted by Crippen LogP contribution is 2.53. The van der Waals surface area contributed by atoms with E-state index in [-0.39, 0.29) is 11.3 Å². The van der Waals surface area contributed by atoms with Crippen molar-refractivity contribution in [1.29, 1.82) is 0 Å². The molecule has 0 amide bonds. The van der Waals surface area contributed by atoms with Gasteiger partial charge >= 0.3 is 6.18 Å². The number of aromatic hydroxyl groups is 1. The van der Waals surface area contributed by atoms with Gasteiger partial charge in [-0.15, -0.1) is 0 Å². The number of phenols is 1. The highest BCUT2D eigenvalue weighted by atomic mass is 19.4. The van der Waals surface area contributed by atoms with Crippen LogP contribution in [0.1, 0.15) is 24.0 Å². The predicted octanol–water partition coefficient (Wildman–Crippen LogP) is 2.74. The molecule has 1 aromatic carbocycles. The maximum absolute atomic E-state index is 12.8. The fourth-order valence-electron chi connectivity index (χ4n) is 1.92. The molecule has 1 saturated carbocycles. The minimum absolute atomic E-state index is 0.192. The molecule has 1 N–H and O–H groups in total. The van der Waals surface area contributed by atoms with Crippen molar-refractivity contribution in [3.8, 4) is 11.5 Å². The maximum atomic E-state index is 12.8. The Bertz CT molecular complexity index is 558. The van der Waals surface area contributed by atoms with E-state index in [9.17, 15) is 23.1 Å². The third-order valence-corrected chi connectivity index (χ3v) is 3.12. The zero-order valence-electron chi connectivity index (χ0n) is 9.91. The summed E-state index contributed by atoms with van der Waals surface area (Å²) in [6.07, 6.45) is -2.41. The number of hydrogen-bond donors (Lipinski definition) is 1. The van der Waals surface area contributed by atoms with Crippen molar-refractivity contribution in [2.75, 3.05) is 7.11 Å². The summed E-state index contributed by atoms with van der Waals surface area (Å²) in [6.45, 7) is 0. The van der Waals surface area contributed by atoms with Gasteiger partial charge in [-0.2, -0.15) is 18.2 Å². The first-order valence-electron chi connectivity index (χ1n) is 5.42. The first-order valence-corrected chi connectivity index (χ1v) is 5.42. The average Bonchev–Trinajstić information content (AvgIpc) is 3.09. The first kappa shape index (κ1) is 13.4. The van der Waals surface area contributed by atoms with Gasteiger partial charge in [-0.25, -0.2) is 4.79 Å². The van der Waals surface area contributed by atoms with Crippen molar-refractivity contribution in [2.24, 2.45) is 4.99 Å². The molecule has 0 aromatic heterocycles. The van der Waals surface area contributed by atoms with E-state index in [1.54, 1.807) is 0 Å². The van der Waals surface area contributed by atoms with Gasteiger partial charge < -0.3 is 9.84 Å². The number of ether oxygens (including phenoxy) is 1. The number of aliphatic imine (C=N–C) groups is 1. The number of carbonyl (C=O) groups excluding carboxylic acids is 1. The molecule has 1 aliphatic carbocycles. The molecule has 4 nitrogen and oxygen atoms in total. The highest BCUT2D eigenvalue weighted by molar-refractivity contribution is 5.53. The molecule has 0 heterocycles. The van der Waals surface area contributed by atoms with E-state index in [2.05, 4.69) is 4.99 Å². The van der Waals surface area contributed by atoms with Crippen LogP contribution in [0.15, 0.2) is 17.1 Å². The number of rotatable bonds is 3. The molecule has 1 fully saturated rings.